The Hall–Kier alpha value is -0.0800. The Morgan fingerprint density at radius 3 is 2.36 bits per heavy atom. The van der Waals surface area contributed by atoms with Crippen molar-refractivity contribution in [3.8, 4) is 0 Å². The monoisotopic (exact) mass is 199 g/mol. The Balaban J connectivity index is 2.25. The second-order valence-corrected chi connectivity index (χ2v) is 4.79. The van der Waals surface area contributed by atoms with Crippen molar-refractivity contribution < 1.29 is 4.74 Å². The van der Waals surface area contributed by atoms with E-state index in [1.165, 1.54) is 38.9 Å². The van der Waals surface area contributed by atoms with E-state index in [1.807, 2.05) is 0 Å². The number of ether oxygens (including phenoxy) is 1. The minimum atomic E-state index is 0.445. The van der Waals surface area contributed by atoms with Gasteiger partial charge in [0.1, 0.15) is 0 Å². The lowest BCUT2D eigenvalue weighted by atomic mass is 9.81. The first-order valence-corrected chi connectivity index (χ1v) is 6.00. The van der Waals surface area contributed by atoms with Crippen LogP contribution < -0.4 is 0 Å². The van der Waals surface area contributed by atoms with Crippen molar-refractivity contribution in [1.82, 2.24) is 4.90 Å². The number of hydrogen-bond acceptors (Lipinski definition) is 2. The molecule has 1 aliphatic rings. The SMILES string of the molecule is CCCN1CCC(C)(COCC)CC1. The first kappa shape index (κ1) is 12.0. The summed E-state index contributed by atoms with van der Waals surface area (Å²) in [6.45, 7) is 12.3. The molecule has 1 rings (SSSR count). The molecule has 0 aromatic heterocycles. The highest BCUT2D eigenvalue weighted by molar-refractivity contribution is 4.82. The van der Waals surface area contributed by atoms with Gasteiger partial charge in [-0.05, 0) is 51.2 Å². The molecule has 1 fully saturated rings. The highest BCUT2D eigenvalue weighted by Gasteiger charge is 2.29. The molecular weight excluding hydrogens is 174 g/mol. The van der Waals surface area contributed by atoms with E-state index in [9.17, 15) is 0 Å². The van der Waals surface area contributed by atoms with Gasteiger partial charge in [0.2, 0.25) is 0 Å². The van der Waals surface area contributed by atoms with Crippen molar-refractivity contribution in [3.05, 3.63) is 0 Å². The van der Waals surface area contributed by atoms with Crippen molar-refractivity contribution in [2.45, 2.75) is 40.0 Å². The summed E-state index contributed by atoms with van der Waals surface area (Å²) in [6.07, 6.45) is 3.88. The molecule has 0 aliphatic carbocycles. The van der Waals surface area contributed by atoms with Crippen LogP contribution in [0.3, 0.4) is 0 Å². The second-order valence-electron chi connectivity index (χ2n) is 4.79. The van der Waals surface area contributed by atoms with Crippen molar-refractivity contribution in [1.29, 1.82) is 0 Å². The average molecular weight is 199 g/mol. The molecule has 1 saturated heterocycles. The Morgan fingerprint density at radius 2 is 1.86 bits per heavy atom. The fourth-order valence-electron chi connectivity index (χ4n) is 2.13. The summed E-state index contributed by atoms with van der Waals surface area (Å²) in [5.41, 5.74) is 0.445. The topological polar surface area (TPSA) is 12.5 Å². The van der Waals surface area contributed by atoms with Gasteiger partial charge in [-0.1, -0.05) is 13.8 Å². The molecule has 0 amide bonds. The third-order valence-corrected chi connectivity index (χ3v) is 3.26. The zero-order chi connectivity index (χ0) is 10.4. The quantitative estimate of drug-likeness (QED) is 0.674. The molecule has 0 bridgehead atoms. The van der Waals surface area contributed by atoms with E-state index in [0.29, 0.717) is 5.41 Å². The van der Waals surface area contributed by atoms with Crippen LogP contribution in [-0.4, -0.2) is 37.7 Å². The first-order chi connectivity index (χ1) is 6.70. The number of nitrogens with zero attached hydrogens (tertiary/aromatic N) is 1. The van der Waals surface area contributed by atoms with E-state index in [-0.39, 0.29) is 0 Å². The molecule has 0 aromatic rings. The summed E-state index contributed by atoms with van der Waals surface area (Å²) in [5.74, 6) is 0. The van der Waals surface area contributed by atoms with E-state index in [1.54, 1.807) is 0 Å². The zero-order valence-corrected chi connectivity index (χ0v) is 10.0. The van der Waals surface area contributed by atoms with Gasteiger partial charge >= 0.3 is 0 Å². The molecule has 0 aromatic carbocycles. The first-order valence-electron chi connectivity index (χ1n) is 6.00. The Labute approximate surface area is 88.6 Å². The molecule has 0 unspecified atom stereocenters. The van der Waals surface area contributed by atoms with Gasteiger partial charge < -0.3 is 9.64 Å². The van der Waals surface area contributed by atoms with Gasteiger partial charge in [0.05, 0.1) is 6.61 Å². The van der Waals surface area contributed by atoms with Crippen LogP contribution in [0.15, 0.2) is 0 Å². The third-order valence-electron chi connectivity index (χ3n) is 3.26. The van der Waals surface area contributed by atoms with Gasteiger partial charge in [0.15, 0.2) is 0 Å². The summed E-state index contributed by atoms with van der Waals surface area (Å²) in [7, 11) is 0. The van der Waals surface area contributed by atoms with Crippen molar-refractivity contribution in [2.75, 3.05) is 32.8 Å². The molecule has 0 spiro atoms. The lowest BCUT2D eigenvalue weighted by Crippen LogP contribution is -2.41. The zero-order valence-electron chi connectivity index (χ0n) is 10.0. The van der Waals surface area contributed by atoms with Gasteiger partial charge in [-0.25, -0.2) is 0 Å². The normalized spacial score (nSPS) is 22.5. The summed E-state index contributed by atoms with van der Waals surface area (Å²) >= 11 is 0. The van der Waals surface area contributed by atoms with Crippen LogP contribution in [0.25, 0.3) is 0 Å². The molecule has 14 heavy (non-hydrogen) atoms. The minimum Gasteiger partial charge on any atom is -0.381 e. The number of rotatable bonds is 5. The molecule has 84 valence electrons. The maximum atomic E-state index is 5.55. The van der Waals surface area contributed by atoms with Crippen molar-refractivity contribution in [3.63, 3.8) is 0 Å². The van der Waals surface area contributed by atoms with Crippen LogP contribution in [0.4, 0.5) is 0 Å². The standard InChI is InChI=1S/C12H25NO/c1-4-8-13-9-6-12(3,7-10-13)11-14-5-2/h4-11H2,1-3H3. The molecule has 1 heterocycles. The van der Waals surface area contributed by atoms with Gasteiger partial charge in [-0.2, -0.15) is 0 Å². The molecule has 0 atom stereocenters. The van der Waals surface area contributed by atoms with E-state index in [2.05, 4.69) is 25.7 Å². The molecule has 2 heteroatoms. The largest absolute Gasteiger partial charge is 0.381 e. The van der Waals surface area contributed by atoms with Crippen LogP contribution in [0.2, 0.25) is 0 Å². The van der Waals surface area contributed by atoms with Gasteiger partial charge in [-0.15, -0.1) is 0 Å². The third kappa shape index (κ3) is 3.58. The molecule has 0 saturated carbocycles. The lowest BCUT2D eigenvalue weighted by Gasteiger charge is -2.39. The number of piperidine rings is 1. The van der Waals surface area contributed by atoms with E-state index in [4.69, 9.17) is 4.74 Å². The number of hydrogen-bond donors (Lipinski definition) is 0. The molecule has 1 aliphatic heterocycles. The lowest BCUT2D eigenvalue weighted by molar-refractivity contribution is 0.0162. The summed E-state index contributed by atoms with van der Waals surface area (Å²) in [5, 5.41) is 0. The summed E-state index contributed by atoms with van der Waals surface area (Å²) < 4.78 is 5.55. The predicted molar refractivity (Wildman–Crippen MR) is 60.6 cm³/mol. The molecule has 0 radical (unpaired) electrons. The fourth-order valence-corrected chi connectivity index (χ4v) is 2.13. The molecular formula is C12H25NO. The number of likely N-dealkylation sites (tertiary alicyclic amines) is 1. The highest BCUT2D eigenvalue weighted by Crippen LogP contribution is 2.30. The van der Waals surface area contributed by atoms with Crippen LogP contribution in [-0.2, 0) is 4.74 Å². The van der Waals surface area contributed by atoms with Gasteiger partial charge in [0, 0.05) is 6.61 Å². The predicted octanol–water partition coefficient (Wildman–Crippen LogP) is 2.54. The van der Waals surface area contributed by atoms with E-state index >= 15 is 0 Å². The van der Waals surface area contributed by atoms with Crippen LogP contribution in [0, 0.1) is 5.41 Å². The Bertz CT molecular complexity index is 150. The fraction of sp³-hybridized carbons (Fsp3) is 1.00. The highest BCUT2D eigenvalue weighted by atomic mass is 16.5. The van der Waals surface area contributed by atoms with Crippen molar-refractivity contribution in [2.24, 2.45) is 5.41 Å². The van der Waals surface area contributed by atoms with E-state index < -0.39 is 0 Å². The van der Waals surface area contributed by atoms with Gasteiger partial charge in [0.25, 0.3) is 0 Å². The van der Waals surface area contributed by atoms with Crippen LogP contribution >= 0.6 is 0 Å². The summed E-state index contributed by atoms with van der Waals surface area (Å²) in [4.78, 5) is 2.58. The molecule has 2 nitrogen and oxygen atoms in total. The average Bonchev–Trinajstić information content (AvgIpc) is 2.20. The Kier molecular flexibility index (Phi) is 4.90. The Morgan fingerprint density at radius 1 is 1.21 bits per heavy atom. The maximum Gasteiger partial charge on any atom is 0.0520 e. The molecule has 0 N–H and O–H groups in total. The van der Waals surface area contributed by atoms with Crippen molar-refractivity contribution >= 4 is 0 Å². The smallest absolute Gasteiger partial charge is 0.0520 e. The summed E-state index contributed by atoms with van der Waals surface area (Å²) in [6, 6.07) is 0. The van der Waals surface area contributed by atoms with Gasteiger partial charge in [-0.3, -0.25) is 0 Å². The van der Waals surface area contributed by atoms with E-state index in [0.717, 1.165) is 13.2 Å². The van der Waals surface area contributed by atoms with Crippen LogP contribution in [0.5, 0.6) is 0 Å². The minimum absolute atomic E-state index is 0.445. The maximum absolute atomic E-state index is 5.55. The second kappa shape index (κ2) is 5.72. The van der Waals surface area contributed by atoms with Crippen LogP contribution in [0.1, 0.15) is 40.0 Å².